The zero-order chi connectivity index (χ0) is 10.7. The van der Waals surface area contributed by atoms with Gasteiger partial charge in [0.25, 0.3) is 0 Å². The molecule has 1 unspecified atom stereocenters. The van der Waals surface area contributed by atoms with Gasteiger partial charge in [0, 0.05) is 0 Å². The van der Waals surface area contributed by atoms with Crippen molar-refractivity contribution in [1.29, 1.82) is 0 Å². The van der Waals surface area contributed by atoms with Crippen molar-refractivity contribution in [3.63, 3.8) is 0 Å². The summed E-state index contributed by atoms with van der Waals surface area (Å²) in [6.07, 6.45) is 1.45. The summed E-state index contributed by atoms with van der Waals surface area (Å²) in [4.78, 5) is 0. The second-order valence-corrected chi connectivity index (χ2v) is 6.96. The van der Waals surface area contributed by atoms with Crippen molar-refractivity contribution in [2.24, 2.45) is 0 Å². The van der Waals surface area contributed by atoms with Crippen molar-refractivity contribution in [2.45, 2.75) is 18.9 Å². The fourth-order valence-corrected chi connectivity index (χ4v) is 3.53. The first kappa shape index (κ1) is 11.6. The highest BCUT2D eigenvalue weighted by Crippen LogP contribution is 2.25. The van der Waals surface area contributed by atoms with Crippen molar-refractivity contribution in [1.82, 2.24) is 0 Å². The molecule has 0 spiro atoms. The van der Waals surface area contributed by atoms with E-state index in [1.807, 2.05) is 5.38 Å². The highest BCUT2D eigenvalue weighted by molar-refractivity contribution is 14.1. The van der Waals surface area contributed by atoms with E-state index in [2.05, 4.69) is 45.5 Å². The smallest absolute Gasteiger partial charge is 0.0801 e. The van der Waals surface area contributed by atoms with Crippen molar-refractivity contribution in [2.75, 3.05) is 0 Å². The molecule has 1 N–H and O–H groups in total. The van der Waals surface area contributed by atoms with Gasteiger partial charge in [-0.1, -0.05) is 0 Å². The number of aryl methyl sites for hydroxylation is 1. The molecule has 0 saturated carbocycles. The monoisotopic (exact) mass is 350 g/mol. The van der Waals surface area contributed by atoms with Gasteiger partial charge in [0.15, 0.2) is 0 Å². The van der Waals surface area contributed by atoms with Crippen LogP contribution in [-0.4, -0.2) is 5.11 Å². The molecular formula is C11H11IOS2. The van der Waals surface area contributed by atoms with E-state index in [0.717, 1.165) is 18.4 Å². The van der Waals surface area contributed by atoms with E-state index in [0.29, 0.717) is 0 Å². The summed E-state index contributed by atoms with van der Waals surface area (Å²) in [7, 11) is 0. The molecule has 15 heavy (non-hydrogen) atoms. The third kappa shape index (κ3) is 3.27. The minimum Gasteiger partial charge on any atom is -0.388 e. The number of aliphatic hydroxyl groups is 1. The van der Waals surface area contributed by atoms with Gasteiger partial charge in [-0.2, -0.15) is 11.3 Å². The largest absolute Gasteiger partial charge is 0.388 e. The second-order valence-electron chi connectivity index (χ2n) is 3.37. The Morgan fingerprint density at radius 1 is 1.40 bits per heavy atom. The van der Waals surface area contributed by atoms with Crippen LogP contribution in [0.25, 0.3) is 0 Å². The van der Waals surface area contributed by atoms with Gasteiger partial charge in [-0.3, -0.25) is 0 Å². The van der Waals surface area contributed by atoms with E-state index in [9.17, 15) is 5.11 Å². The number of rotatable bonds is 4. The quantitative estimate of drug-likeness (QED) is 0.824. The molecular weight excluding hydrogens is 339 g/mol. The Bertz CT molecular complexity index is 408. The zero-order valence-electron chi connectivity index (χ0n) is 8.02. The molecule has 2 aromatic heterocycles. The Hall–Kier alpha value is 0.0900. The zero-order valence-corrected chi connectivity index (χ0v) is 11.8. The average Bonchev–Trinajstić information content (AvgIpc) is 2.84. The molecule has 2 heterocycles. The lowest BCUT2D eigenvalue weighted by atomic mass is 10.1. The Morgan fingerprint density at radius 2 is 2.27 bits per heavy atom. The summed E-state index contributed by atoms with van der Waals surface area (Å²) in [5.74, 6) is 0. The lowest BCUT2D eigenvalue weighted by molar-refractivity contribution is 0.168. The molecule has 0 amide bonds. The van der Waals surface area contributed by atoms with Crippen molar-refractivity contribution < 1.29 is 5.11 Å². The minimum absolute atomic E-state index is 0.315. The molecule has 4 heteroatoms. The predicted octanol–water partition coefficient (Wildman–Crippen LogP) is 4.08. The summed E-state index contributed by atoms with van der Waals surface area (Å²) in [6.45, 7) is 0. The Balaban J connectivity index is 1.90. The van der Waals surface area contributed by atoms with E-state index in [1.54, 1.807) is 22.7 Å². The van der Waals surface area contributed by atoms with Gasteiger partial charge in [-0.05, 0) is 74.8 Å². The van der Waals surface area contributed by atoms with Crippen LogP contribution in [0.3, 0.4) is 0 Å². The van der Waals surface area contributed by atoms with E-state index in [4.69, 9.17) is 0 Å². The summed E-state index contributed by atoms with van der Waals surface area (Å²) in [6, 6.07) is 4.18. The fraction of sp³-hybridized carbons (Fsp3) is 0.273. The number of thiophene rings is 2. The van der Waals surface area contributed by atoms with Crippen LogP contribution in [0.2, 0.25) is 0 Å². The van der Waals surface area contributed by atoms with E-state index < -0.39 is 0 Å². The van der Waals surface area contributed by atoms with Crippen LogP contribution in [0, 0.1) is 2.88 Å². The van der Waals surface area contributed by atoms with Crippen LogP contribution in [0.15, 0.2) is 28.3 Å². The van der Waals surface area contributed by atoms with Gasteiger partial charge in [0.1, 0.15) is 0 Å². The third-order valence-electron chi connectivity index (χ3n) is 2.26. The summed E-state index contributed by atoms with van der Waals surface area (Å²) < 4.78 is 1.23. The van der Waals surface area contributed by atoms with Gasteiger partial charge >= 0.3 is 0 Å². The number of hydrogen-bond acceptors (Lipinski definition) is 3. The molecule has 0 aliphatic carbocycles. The normalized spacial score (nSPS) is 12.9. The summed E-state index contributed by atoms with van der Waals surface area (Å²) in [5, 5.41) is 16.2. The average molecular weight is 350 g/mol. The van der Waals surface area contributed by atoms with E-state index in [1.165, 1.54) is 8.45 Å². The van der Waals surface area contributed by atoms with Gasteiger partial charge < -0.3 is 5.11 Å². The van der Waals surface area contributed by atoms with Gasteiger partial charge in [0.05, 0.1) is 8.99 Å². The molecule has 0 fully saturated rings. The van der Waals surface area contributed by atoms with Crippen molar-refractivity contribution in [3.8, 4) is 0 Å². The molecule has 0 saturated heterocycles. The third-order valence-corrected chi connectivity index (χ3v) is 4.80. The highest BCUT2D eigenvalue weighted by atomic mass is 127. The lowest BCUT2D eigenvalue weighted by Gasteiger charge is -2.07. The first-order chi connectivity index (χ1) is 7.25. The second kappa shape index (κ2) is 5.43. The van der Waals surface area contributed by atoms with Gasteiger partial charge in [-0.25, -0.2) is 0 Å². The molecule has 80 valence electrons. The molecule has 2 aromatic rings. The number of hydrogen-bond donors (Lipinski definition) is 1. The highest BCUT2D eigenvalue weighted by Gasteiger charge is 2.09. The van der Waals surface area contributed by atoms with Crippen LogP contribution < -0.4 is 0 Å². The van der Waals surface area contributed by atoms with Crippen LogP contribution in [0.5, 0.6) is 0 Å². The maximum Gasteiger partial charge on any atom is 0.0801 e. The summed E-state index contributed by atoms with van der Waals surface area (Å²) in [5.41, 5.74) is 2.38. The van der Waals surface area contributed by atoms with Crippen molar-refractivity contribution in [3.05, 3.63) is 42.3 Å². The molecule has 0 aromatic carbocycles. The first-order valence-corrected chi connectivity index (χ1v) is 7.59. The molecule has 2 rings (SSSR count). The molecule has 0 aliphatic heterocycles. The Kier molecular flexibility index (Phi) is 4.19. The molecule has 1 nitrogen and oxygen atoms in total. The minimum atomic E-state index is -0.315. The number of aliphatic hydroxyl groups excluding tert-OH is 1. The van der Waals surface area contributed by atoms with Gasteiger partial charge in [0.2, 0.25) is 0 Å². The van der Waals surface area contributed by atoms with E-state index >= 15 is 0 Å². The lowest BCUT2D eigenvalue weighted by Crippen LogP contribution is -1.97. The fourth-order valence-electron chi connectivity index (χ4n) is 1.40. The molecule has 1 atom stereocenters. The van der Waals surface area contributed by atoms with Crippen molar-refractivity contribution >= 4 is 45.3 Å². The van der Waals surface area contributed by atoms with Crippen LogP contribution >= 0.6 is 45.3 Å². The maximum absolute atomic E-state index is 9.94. The van der Waals surface area contributed by atoms with Crippen LogP contribution in [0.1, 0.15) is 23.7 Å². The number of halogens is 1. The maximum atomic E-state index is 9.94. The predicted molar refractivity (Wildman–Crippen MR) is 74.6 cm³/mol. The topological polar surface area (TPSA) is 20.2 Å². The first-order valence-electron chi connectivity index (χ1n) is 4.69. The standard InChI is InChI=1S/C11H11IOS2/c12-11-5-9(7-15-11)10(13)2-1-8-3-4-14-6-8/h3-7,10,13H,1-2H2. The molecule has 0 aliphatic rings. The van der Waals surface area contributed by atoms with Gasteiger partial charge in [-0.15, -0.1) is 11.3 Å². The summed E-state index contributed by atoms with van der Waals surface area (Å²) >= 11 is 5.68. The Morgan fingerprint density at radius 3 is 2.87 bits per heavy atom. The molecule has 0 bridgehead atoms. The molecule has 0 radical (unpaired) electrons. The van der Waals surface area contributed by atoms with Crippen LogP contribution in [0.4, 0.5) is 0 Å². The van der Waals surface area contributed by atoms with Crippen LogP contribution in [-0.2, 0) is 6.42 Å². The Labute approximate surface area is 111 Å². The van der Waals surface area contributed by atoms with E-state index in [-0.39, 0.29) is 6.10 Å². The SMILES string of the molecule is OC(CCc1ccsc1)c1csc(I)c1.